The van der Waals surface area contributed by atoms with Gasteiger partial charge in [0.15, 0.2) is 0 Å². The minimum absolute atomic E-state index is 0.156. The fraction of sp³-hybridized carbons (Fsp3) is 0.467. The molecule has 1 aliphatic carbocycles. The molecule has 1 aliphatic rings. The van der Waals surface area contributed by atoms with E-state index in [9.17, 15) is 0 Å². The summed E-state index contributed by atoms with van der Waals surface area (Å²) < 4.78 is 1.92. The summed E-state index contributed by atoms with van der Waals surface area (Å²) in [6.45, 7) is 0. The molecule has 2 aromatic heterocycles. The normalized spacial score (nSPS) is 16.8. The molecule has 0 saturated heterocycles. The lowest BCUT2D eigenvalue weighted by Gasteiger charge is -2.21. The van der Waals surface area contributed by atoms with Crippen molar-refractivity contribution >= 4 is 11.6 Å². The monoisotopic (exact) mass is 301 g/mol. The van der Waals surface area contributed by atoms with E-state index in [0.29, 0.717) is 12.3 Å². The topological polar surface area (TPSA) is 67.4 Å². The Morgan fingerprint density at radius 1 is 1.43 bits per heavy atom. The van der Waals surface area contributed by atoms with Gasteiger partial charge in [0.2, 0.25) is 5.28 Å². The van der Waals surface area contributed by atoms with E-state index in [1.165, 1.54) is 25.7 Å². The van der Waals surface area contributed by atoms with Crippen molar-refractivity contribution in [2.45, 2.75) is 38.1 Å². The van der Waals surface area contributed by atoms with Gasteiger partial charge in [0, 0.05) is 18.0 Å². The standard InChI is InChI=1S/C15H16ClN5/c16-15-18-8-6-13(20-15)12-9-19-21(10-12)14(5-7-17)11-3-1-2-4-11/h6,8-11,14H,1-5H2. The molecule has 0 N–H and O–H groups in total. The van der Waals surface area contributed by atoms with Crippen molar-refractivity contribution in [1.29, 1.82) is 5.26 Å². The lowest BCUT2D eigenvalue weighted by molar-refractivity contribution is 0.315. The highest BCUT2D eigenvalue weighted by Crippen LogP contribution is 2.36. The molecule has 0 aliphatic heterocycles. The third-order valence-corrected chi connectivity index (χ3v) is 4.29. The summed E-state index contributed by atoms with van der Waals surface area (Å²) in [5.41, 5.74) is 1.66. The largest absolute Gasteiger partial charge is 0.268 e. The van der Waals surface area contributed by atoms with Gasteiger partial charge in [-0.1, -0.05) is 12.8 Å². The summed E-state index contributed by atoms with van der Waals surface area (Å²) in [6, 6.07) is 4.26. The van der Waals surface area contributed by atoms with E-state index in [1.54, 1.807) is 12.4 Å². The molecule has 0 bridgehead atoms. The minimum Gasteiger partial charge on any atom is -0.268 e. The summed E-state index contributed by atoms with van der Waals surface area (Å²) in [7, 11) is 0. The molecule has 1 saturated carbocycles. The second-order valence-electron chi connectivity index (χ2n) is 5.39. The van der Waals surface area contributed by atoms with Crippen LogP contribution in [0.5, 0.6) is 0 Å². The Kier molecular flexibility index (Phi) is 4.16. The van der Waals surface area contributed by atoms with Crippen molar-refractivity contribution in [3.05, 3.63) is 29.9 Å². The number of hydrogen-bond donors (Lipinski definition) is 0. The van der Waals surface area contributed by atoms with Crippen molar-refractivity contribution in [2.24, 2.45) is 5.92 Å². The molecule has 3 rings (SSSR count). The number of halogens is 1. The van der Waals surface area contributed by atoms with E-state index < -0.39 is 0 Å². The Morgan fingerprint density at radius 3 is 2.95 bits per heavy atom. The van der Waals surface area contributed by atoms with Crippen LogP contribution in [0.2, 0.25) is 5.28 Å². The smallest absolute Gasteiger partial charge is 0.222 e. The van der Waals surface area contributed by atoms with Crippen molar-refractivity contribution in [3.8, 4) is 17.3 Å². The molecular weight excluding hydrogens is 286 g/mol. The van der Waals surface area contributed by atoms with Crippen LogP contribution in [-0.2, 0) is 0 Å². The Balaban J connectivity index is 1.87. The molecule has 0 aromatic carbocycles. The van der Waals surface area contributed by atoms with Crippen LogP contribution in [0.25, 0.3) is 11.3 Å². The maximum absolute atomic E-state index is 9.09. The number of rotatable bonds is 4. The predicted molar refractivity (Wildman–Crippen MR) is 79.5 cm³/mol. The van der Waals surface area contributed by atoms with Gasteiger partial charge >= 0.3 is 0 Å². The molecule has 2 heterocycles. The highest BCUT2D eigenvalue weighted by Gasteiger charge is 2.27. The lowest BCUT2D eigenvalue weighted by Crippen LogP contribution is -2.17. The molecule has 0 spiro atoms. The fourth-order valence-electron chi connectivity index (χ4n) is 3.06. The average Bonchev–Trinajstić information content (AvgIpc) is 3.16. The zero-order valence-corrected chi connectivity index (χ0v) is 12.4. The third-order valence-electron chi connectivity index (χ3n) is 4.11. The summed E-state index contributed by atoms with van der Waals surface area (Å²) >= 11 is 5.82. The second-order valence-corrected chi connectivity index (χ2v) is 5.73. The van der Waals surface area contributed by atoms with Gasteiger partial charge in [0.25, 0.3) is 0 Å². The van der Waals surface area contributed by atoms with Gasteiger partial charge in [-0.2, -0.15) is 10.4 Å². The Labute approximate surface area is 128 Å². The van der Waals surface area contributed by atoms with E-state index in [2.05, 4.69) is 21.1 Å². The van der Waals surface area contributed by atoms with Gasteiger partial charge in [0.1, 0.15) is 0 Å². The zero-order valence-electron chi connectivity index (χ0n) is 11.6. The van der Waals surface area contributed by atoms with Crippen molar-refractivity contribution < 1.29 is 0 Å². The number of hydrogen-bond acceptors (Lipinski definition) is 4. The van der Waals surface area contributed by atoms with Crippen molar-refractivity contribution in [2.75, 3.05) is 0 Å². The van der Waals surface area contributed by atoms with Crippen LogP contribution in [0.15, 0.2) is 24.7 Å². The number of nitriles is 1. The fourth-order valence-corrected chi connectivity index (χ4v) is 3.21. The zero-order chi connectivity index (χ0) is 14.7. The molecular formula is C15H16ClN5. The number of nitrogens with zero attached hydrogens (tertiary/aromatic N) is 5. The second kappa shape index (κ2) is 6.23. The first-order chi connectivity index (χ1) is 10.3. The van der Waals surface area contributed by atoms with E-state index in [1.807, 2.05) is 16.9 Å². The highest BCUT2D eigenvalue weighted by atomic mass is 35.5. The predicted octanol–water partition coefficient (Wildman–Crippen LogP) is 3.64. The van der Waals surface area contributed by atoms with Gasteiger partial charge in [-0.15, -0.1) is 0 Å². The van der Waals surface area contributed by atoms with Crippen LogP contribution >= 0.6 is 11.6 Å². The summed E-state index contributed by atoms with van der Waals surface area (Å²) in [5, 5.41) is 13.8. The first-order valence-corrected chi connectivity index (χ1v) is 7.56. The lowest BCUT2D eigenvalue weighted by atomic mass is 9.96. The maximum atomic E-state index is 9.09. The molecule has 0 radical (unpaired) electrons. The SMILES string of the molecule is N#CCC(C1CCCC1)n1cc(-c2ccnc(Cl)n2)cn1. The van der Waals surface area contributed by atoms with Gasteiger partial charge < -0.3 is 0 Å². The molecule has 21 heavy (non-hydrogen) atoms. The Bertz CT molecular complexity index is 654. The average molecular weight is 302 g/mol. The maximum Gasteiger partial charge on any atom is 0.222 e. The summed E-state index contributed by atoms with van der Waals surface area (Å²) in [6.07, 6.45) is 10.7. The molecule has 5 nitrogen and oxygen atoms in total. The van der Waals surface area contributed by atoms with Gasteiger partial charge in [0.05, 0.1) is 30.4 Å². The van der Waals surface area contributed by atoms with E-state index in [4.69, 9.17) is 16.9 Å². The van der Waals surface area contributed by atoms with Gasteiger partial charge in [-0.05, 0) is 36.4 Å². The van der Waals surface area contributed by atoms with Crippen molar-refractivity contribution in [1.82, 2.24) is 19.7 Å². The van der Waals surface area contributed by atoms with Crippen LogP contribution in [0.3, 0.4) is 0 Å². The summed E-state index contributed by atoms with van der Waals surface area (Å²) in [5.74, 6) is 0.548. The van der Waals surface area contributed by atoms with Crippen LogP contribution in [-0.4, -0.2) is 19.7 Å². The molecule has 1 atom stereocenters. The van der Waals surface area contributed by atoms with E-state index >= 15 is 0 Å². The molecule has 6 heteroatoms. The Hall–Kier alpha value is -1.93. The first-order valence-electron chi connectivity index (χ1n) is 7.18. The Morgan fingerprint density at radius 2 is 2.24 bits per heavy atom. The van der Waals surface area contributed by atoms with E-state index in [-0.39, 0.29) is 11.3 Å². The summed E-state index contributed by atoms with van der Waals surface area (Å²) in [4.78, 5) is 8.08. The van der Waals surface area contributed by atoms with E-state index in [0.717, 1.165) is 11.3 Å². The molecule has 2 aromatic rings. The molecule has 0 amide bonds. The minimum atomic E-state index is 0.156. The van der Waals surface area contributed by atoms with Crippen LogP contribution in [0, 0.1) is 17.2 Å². The molecule has 1 unspecified atom stereocenters. The first kappa shape index (κ1) is 14.0. The molecule has 108 valence electrons. The van der Waals surface area contributed by atoms with Crippen LogP contribution in [0.4, 0.5) is 0 Å². The quantitative estimate of drug-likeness (QED) is 0.809. The van der Waals surface area contributed by atoms with Gasteiger partial charge in [-0.25, -0.2) is 9.97 Å². The highest BCUT2D eigenvalue weighted by molar-refractivity contribution is 6.28. The third kappa shape index (κ3) is 3.06. The number of aromatic nitrogens is 4. The van der Waals surface area contributed by atoms with Crippen molar-refractivity contribution in [3.63, 3.8) is 0 Å². The van der Waals surface area contributed by atoms with Gasteiger partial charge in [-0.3, -0.25) is 4.68 Å². The molecule has 1 fully saturated rings. The van der Waals surface area contributed by atoms with Crippen LogP contribution < -0.4 is 0 Å². The van der Waals surface area contributed by atoms with Crippen LogP contribution in [0.1, 0.15) is 38.1 Å².